The first-order chi connectivity index (χ1) is 8.78. The van der Waals surface area contributed by atoms with E-state index in [9.17, 15) is 4.79 Å². The Bertz CT molecular complexity index is 545. The second-order valence-corrected chi connectivity index (χ2v) is 4.60. The quantitative estimate of drug-likeness (QED) is 0.843. The van der Waals surface area contributed by atoms with Crippen molar-refractivity contribution in [3.63, 3.8) is 0 Å². The molecule has 2 heterocycles. The first-order valence-electron chi connectivity index (χ1n) is 6.11. The number of para-hydroxylation sites is 2. The van der Waals surface area contributed by atoms with Gasteiger partial charge in [0.25, 0.3) is 0 Å². The van der Waals surface area contributed by atoms with Crippen molar-refractivity contribution in [3.8, 4) is 0 Å². The van der Waals surface area contributed by atoms with Gasteiger partial charge >= 0.3 is 0 Å². The Hall–Kier alpha value is -1.88. The fourth-order valence-corrected chi connectivity index (χ4v) is 2.46. The molecule has 94 valence electrons. The number of carbonyl (C=O) groups excluding carboxylic acids is 1. The standard InChI is InChI=1S/C13H15N3O2/c17-6-5-16-8-9(7-12(16)18)13-14-10-3-1-2-4-11(10)15-13/h1-4,9,17H,5-8H2,(H,14,15)/t9-/m0/s1. The van der Waals surface area contributed by atoms with Crippen LogP contribution in [0.15, 0.2) is 24.3 Å². The third-order valence-corrected chi connectivity index (χ3v) is 3.38. The van der Waals surface area contributed by atoms with Crippen LogP contribution >= 0.6 is 0 Å². The molecule has 1 saturated heterocycles. The highest BCUT2D eigenvalue weighted by Gasteiger charge is 2.31. The highest BCUT2D eigenvalue weighted by atomic mass is 16.3. The molecule has 18 heavy (non-hydrogen) atoms. The van der Waals surface area contributed by atoms with Crippen LogP contribution in [0.25, 0.3) is 11.0 Å². The largest absolute Gasteiger partial charge is 0.395 e. The van der Waals surface area contributed by atoms with Crippen LogP contribution < -0.4 is 0 Å². The van der Waals surface area contributed by atoms with Gasteiger partial charge in [-0.05, 0) is 12.1 Å². The first kappa shape index (κ1) is 11.2. The maximum Gasteiger partial charge on any atom is 0.223 e. The Morgan fingerprint density at radius 3 is 3.06 bits per heavy atom. The van der Waals surface area contributed by atoms with Gasteiger partial charge < -0.3 is 15.0 Å². The molecule has 3 rings (SSSR count). The van der Waals surface area contributed by atoms with Crippen molar-refractivity contribution >= 4 is 16.9 Å². The molecule has 0 bridgehead atoms. The predicted molar refractivity (Wildman–Crippen MR) is 67.1 cm³/mol. The number of aliphatic hydroxyl groups is 1. The van der Waals surface area contributed by atoms with Gasteiger partial charge in [-0.2, -0.15) is 0 Å². The van der Waals surface area contributed by atoms with Gasteiger partial charge in [-0.3, -0.25) is 4.79 Å². The monoisotopic (exact) mass is 245 g/mol. The number of rotatable bonds is 3. The normalized spacial score (nSPS) is 19.9. The van der Waals surface area contributed by atoms with Gasteiger partial charge in [0.15, 0.2) is 0 Å². The number of H-pyrrole nitrogens is 1. The summed E-state index contributed by atoms with van der Waals surface area (Å²) in [7, 11) is 0. The SMILES string of the molecule is O=C1C[C@H](c2nc3ccccc3[nH]2)CN1CCO. The molecule has 1 aliphatic heterocycles. The number of aromatic amines is 1. The number of nitrogens with one attached hydrogen (secondary N) is 1. The maximum absolute atomic E-state index is 11.7. The molecule has 0 aliphatic carbocycles. The molecule has 5 nitrogen and oxygen atoms in total. The number of hydrogen-bond donors (Lipinski definition) is 2. The maximum atomic E-state index is 11.7. The van der Waals surface area contributed by atoms with Crippen LogP contribution in [0.5, 0.6) is 0 Å². The van der Waals surface area contributed by atoms with Crippen molar-refractivity contribution in [2.24, 2.45) is 0 Å². The summed E-state index contributed by atoms with van der Waals surface area (Å²) in [6.07, 6.45) is 0.472. The third kappa shape index (κ3) is 1.86. The highest BCUT2D eigenvalue weighted by Crippen LogP contribution is 2.27. The molecule has 1 fully saturated rings. The summed E-state index contributed by atoms with van der Waals surface area (Å²) in [6.45, 7) is 1.06. The Balaban J connectivity index is 1.85. The van der Waals surface area contributed by atoms with Crippen molar-refractivity contribution < 1.29 is 9.90 Å². The Labute approximate surface area is 104 Å². The lowest BCUT2D eigenvalue weighted by Crippen LogP contribution is -2.28. The number of nitrogens with zero attached hydrogens (tertiary/aromatic N) is 2. The number of benzene rings is 1. The fraction of sp³-hybridized carbons (Fsp3) is 0.385. The van der Waals surface area contributed by atoms with Crippen LogP contribution in [0.4, 0.5) is 0 Å². The minimum atomic E-state index is 0.0125. The number of aliphatic hydroxyl groups excluding tert-OH is 1. The van der Waals surface area contributed by atoms with Gasteiger partial charge in [0.2, 0.25) is 5.91 Å². The summed E-state index contributed by atoms with van der Waals surface area (Å²) in [4.78, 5) is 21.2. The number of aromatic nitrogens is 2. The molecule has 1 aliphatic rings. The second-order valence-electron chi connectivity index (χ2n) is 4.60. The lowest BCUT2D eigenvalue weighted by Gasteiger charge is -2.13. The molecule has 2 N–H and O–H groups in total. The van der Waals surface area contributed by atoms with E-state index in [4.69, 9.17) is 5.11 Å². The van der Waals surface area contributed by atoms with E-state index in [-0.39, 0.29) is 18.4 Å². The van der Waals surface area contributed by atoms with E-state index in [1.807, 2.05) is 24.3 Å². The summed E-state index contributed by atoms with van der Waals surface area (Å²) < 4.78 is 0. The van der Waals surface area contributed by atoms with Gasteiger partial charge in [-0.15, -0.1) is 0 Å². The summed E-state index contributed by atoms with van der Waals surface area (Å²) in [6, 6.07) is 7.85. The van der Waals surface area contributed by atoms with Gasteiger partial charge in [-0.1, -0.05) is 12.1 Å². The van der Waals surface area contributed by atoms with Gasteiger partial charge in [0, 0.05) is 25.4 Å². The van der Waals surface area contributed by atoms with Crippen molar-refractivity contribution in [1.82, 2.24) is 14.9 Å². The second kappa shape index (κ2) is 4.42. The molecule has 1 amide bonds. The van der Waals surface area contributed by atoms with Crippen LogP contribution in [0.1, 0.15) is 18.2 Å². The van der Waals surface area contributed by atoms with E-state index >= 15 is 0 Å². The molecule has 0 spiro atoms. The molecule has 1 aromatic carbocycles. The van der Waals surface area contributed by atoms with Crippen LogP contribution in [-0.4, -0.2) is 45.6 Å². The van der Waals surface area contributed by atoms with E-state index in [1.54, 1.807) is 4.90 Å². The third-order valence-electron chi connectivity index (χ3n) is 3.38. The van der Waals surface area contributed by atoms with Gasteiger partial charge in [-0.25, -0.2) is 4.98 Å². The molecule has 0 saturated carbocycles. The molecule has 1 aromatic heterocycles. The fourth-order valence-electron chi connectivity index (χ4n) is 2.46. The average molecular weight is 245 g/mol. The minimum Gasteiger partial charge on any atom is -0.395 e. The van der Waals surface area contributed by atoms with Crippen molar-refractivity contribution in [2.45, 2.75) is 12.3 Å². The molecule has 0 unspecified atom stereocenters. The lowest BCUT2D eigenvalue weighted by atomic mass is 10.1. The zero-order valence-electron chi connectivity index (χ0n) is 9.97. The molecule has 2 aromatic rings. The number of amides is 1. The highest BCUT2D eigenvalue weighted by molar-refractivity contribution is 5.80. The average Bonchev–Trinajstić information content (AvgIpc) is 2.94. The predicted octanol–water partition coefficient (Wildman–Crippen LogP) is 0.871. The Morgan fingerprint density at radius 1 is 1.44 bits per heavy atom. The van der Waals surface area contributed by atoms with E-state index in [0.717, 1.165) is 16.9 Å². The Kier molecular flexibility index (Phi) is 2.76. The number of hydrogen-bond acceptors (Lipinski definition) is 3. The summed E-state index contributed by atoms with van der Waals surface area (Å²) >= 11 is 0. The topological polar surface area (TPSA) is 69.2 Å². The zero-order chi connectivity index (χ0) is 12.5. The molecular formula is C13H15N3O2. The van der Waals surface area contributed by atoms with Crippen molar-refractivity contribution in [2.75, 3.05) is 19.7 Å². The number of imidazole rings is 1. The van der Waals surface area contributed by atoms with Gasteiger partial charge in [0.1, 0.15) is 5.82 Å². The zero-order valence-corrected chi connectivity index (χ0v) is 9.97. The van der Waals surface area contributed by atoms with Crippen LogP contribution in [0.2, 0.25) is 0 Å². The van der Waals surface area contributed by atoms with Gasteiger partial charge in [0.05, 0.1) is 17.6 Å². The number of likely N-dealkylation sites (tertiary alicyclic amines) is 1. The van der Waals surface area contributed by atoms with E-state index < -0.39 is 0 Å². The van der Waals surface area contributed by atoms with Crippen molar-refractivity contribution in [1.29, 1.82) is 0 Å². The molecule has 1 atom stereocenters. The van der Waals surface area contributed by atoms with Crippen LogP contribution in [0, 0.1) is 0 Å². The Morgan fingerprint density at radius 2 is 2.28 bits per heavy atom. The summed E-state index contributed by atoms with van der Waals surface area (Å²) in [5.74, 6) is 1.07. The molecular weight excluding hydrogens is 230 g/mol. The first-order valence-corrected chi connectivity index (χ1v) is 6.11. The number of β-amino-alcohol motifs (C(OH)–C–C–N with tert-alkyl or cyclic N) is 1. The van der Waals surface area contributed by atoms with E-state index in [2.05, 4.69) is 9.97 Å². The van der Waals surface area contributed by atoms with E-state index in [1.165, 1.54) is 0 Å². The summed E-state index contributed by atoms with van der Waals surface area (Å²) in [5.41, 5.74) is 1.93. The molecule has 5 heteroatoms. The number of carbonyl (C=O) groups is 1. The van der Waals surface area contributed by atoms with Crippen LogP contribution in [-0.2, 0) is 4.79 Å². The minimum absolute atomic E-state index is 0.0125. The number of fused-ring (bicyclic) bond motifs is 1. The lowest BCUT2D eigenvalue weighted by molar-refractivity contribution is -0.128. The van der Waals surface area contributed by atoms with E-state index in [0.29, 0.717) is 19.5 Å². The smallest absolute Gasteiger partial charge is 0.223 e. The molecule has 0 radical (unpaired) electrons. The van der Waals surface area contributed by atoms with Crippen LogP contribution in [0.3, 0.4) is 0 Å². The summed E-state index contributed by atoms with van der Waals surface area (Å²) in [5, 5.41) is 8.90. The van der Waals surface area contributed by atoms with Crippen molar-refractivity contribution in [3.05, 3.63) is 30.1 Å².